The second-order valence-corrected chi connectivity index (χ2v) is 10.2. The van der Waals surface area contributed by atoms with Crippen molar-refractivity contribution in [3.8, 4) is 10.6 Å². The van der Waals surface area contributed by atoms with Crippen molar-refractivity contribution in [2.24, 2.45) is 5.92 Å². The highest BCUT2D eigenvalue weighted by Crippen LogP contribution is 2.37. The van der Waals surface area contributed by atoms with Crippen LogP contribution in [0.1, 0.15) is 40.0 Å². The number of hydrogen-bond donors (Lipinski definition) is 1. The molecule has 2 atom stereocenters. The van der Waals surface area contributed by atoms with Crippen LogP contribution in [0.4, 0.5) is 27.8 Å². The smallest absolute Gasteiger partial charge is 0.368 e. The number of rotatable bonds is 5. The summed E-state index contributed by atoms with van der Waals surface area (Å²) in [6, 6.07) is 4.99. The molecule has 0 unspecified atom stereocenters. The van der Waals surface area contributed by atoms with Gasteiger partial charge in [-0.1, -0.05) is 6.92 Å². The molecule has 0 saturated carbocycles. The zero-order valence-electron chi connectivity index (χ0n) is 19.7. The normalized spacial score (nSPS) is 19.8. The quantitative estimate of drug-likeness (QED) is 0.424. The molecule has 1 saturated heterocycles. The highest BCUT2D eigenvalue weighted by atomic mass is 32.1. The molecule has 0 spiro atoms. The maximum atomic E-state index is 14.6. The third-order valence-electron chi connectivity index (χ3n) is 6.01. The Morgan fingerprint density at radius 3 is 2.61 bits per heavy atom. The number of hydrogen-bond acceptors (Lipinski definition) is 6. The number of likely N-dealkylation sites (tertiary alicyclic amines) is 1. The van der Waals surface area contributed by atoms with Gasteiger partial charge in [0.25, 0.3) is 11.8 Å². The number of anilines is 1. The van der Waals surface area contributed by atoms with Crippen LogP contribution in [0.3, 0.4) is 0 Å². The number of piperidine rings is 1. The van der Waals surface area contributed by atoms with Crippen molar-refractivity contribution < 1.29 is 26.7 Å². The van der Waals surface area contributed by atoms with Crippen LogP contribution < -0.4 is 5.32 Å². The number of thiazole rings is 1. The highest BCUT2D eigenvalue weighted by Gasteiger charge is 2.47. The van der Waals surface area contributed by atoms with E-state index in [1.54, 1.807) is 26.1 Å². The lowest BCUT2D eigenvalue weighted by Crippen LogP contribution is -2.57. The minimum atomic E-state index is -4.52. The van der Waals surface area contributed by atoms with Gasteiger partial charge in [-0.2, -0.15) is 13.2 Å². The fourth-order valence-corrected chi connectivity index (χ4v) is 5.17. The Hall–Kier alpha value is -3.15. The summed E-state index contributed by atoms with van der Waals surface area (Å²) in [6.45, 7) is 4.46. The van der Waals surface area contributed by atoms with Crippen LogP contribution >= 0.6 is 11.3 Å². The van der Waals surface area contributed by atoms with Crippen LogP contribution in [-0.2, 0) is 6.18 Å². The van der Waals surface area contributed by atoms with Crippen LogP contribution in [0.5, 0.6) is 0 Å². The molecule has 0 radical (unpaired) electrons. The largest absolute Gasteiger partial charge is 0.417 e. The summed E-state index contributed by atoms with van der Waals surface area (Å²) in [5, 5.41) is 3.49. The number of pyridine rings is 2. The molecule has 0 bridgehead atoms. The summed E-state index contributed by atoms with van der Waals surface area (Å²) in [5.41, 5.74) is 0.614. The number of aromatic nitrogens is 3. The molecule has 1 aliphatic rings. The summed E-state index contributed by atoms with van der Waals surface area (Å²) in [7, 11) is 0. The average Bonchev–Trinajstić information content (AvgIpc) is 3.18. The molecule has 36 heavy (non-hydrogen) atoms. The fourth-order valence-electron chi connectivity index (χ4n) is 4.30. The van der Waals surface area contributed by atoms with Crippen molar-refractivity contribution in [2.75, 3.05) is 18.4 Å². The topological polar surface area (TPSA) is 71.0 Å². The van der Waals surface area contributed by atoms with E-state index in [0.717, 1.165) is 16.5 Å². The van der Waals surface area contributed by atoms with Crippen LogP contribution in [-0.4, -0.2) is 50.8 Å². The Kier molecular flexibility index (Phi) is 7.00. The molecular weight excluding hydrogens is 501 g/mol. The van der Waals surface area contributed by atoms with Gasteiger partial charge in [-0.15, -0.1) is 11.3 Å². The molecular formula is C24H24F5N5OS. The van der Waals surface area contributed by atoms with Gasteiger partial charge in [0.05, 0.1) is 33.7 Å². The van der Waals surface area contributed by atoms with E-state index in [1.165, 1.54) is 17.4 Å². The first kappa shape index (κ1) is 25.9. The van der Waals surface area contributed by atoms with Gasteiger partial charge in [0, 0.05) is 25.4 Å². The van der Waals surface area contributed by atoms with E-state index in [-0.39, 0.29) is 18.1 Å². The fraction of sp³-hybridized carbons (Fsp3) is 0.417. The third-order valence-corrected chi connectivity index (χ3v) is 7.00. The lowest BCUT2D eigenvalue weighted by Gasteiger charge is -2.43. The maximum Gasteiger partial charge on any atom is 0.417 e. The number of alkyl halides is 5. The van der Waals surface area contributed by atoms with E-state index in [4.69, 9.17) is 0 Å². The SMILES string of the molecule is Cc1ccnc(-c2sc(C)nc2C(=O)N2CC(F)(F)C[C@@H](C)[C@H]2CNc2ccc(C(F)(F)F)cn2)c1. The zero-order valence-corrected chi connectivity index (χ0v) is 20.6. The average molecular weight is 526 g/mol. The number of aryl methyl sites for hydroxylation is 2. The number of halogens is 5. The minimum Gasteiger partial charge on any atom is -0.368 e. The second kappa shape index (κ2) is 9.72. The summed E-state index contributed by atoms with van der Waals surface area (Å²) < 4.78 is 67.6. The Morgan fingerprint density at radius 2 is 1.97 bits per heavy atom. The van der Waals surface area contributed by atoms with Crippen molar-refractivity contribution in [1.82, 2.24) is 19.9 Å². The molecule has 192 valence electrons. The van der Waals surface area contributed by atoms with Crippen molar-refractivity contribution in [1.29, 1.82) is 0 Å². The van der Waals surface area contributed by atoms with Crippen molar-refractivity contribution in [3.63, 3.8) is 0 Å². The first-order valence-electron chi connectivity index (χ1n) is 11.2. The van der Waals surface area contributed by atoms with Gasteiger partial charge in [0.1, 0.15) is 11.5 Å². The molecule has 1 N–H and O–H groups in total. The molecule has 1 aliphatic heterocycles. The van der Waals surface area contributed by atoms with E-state index in [2.05, 4.69) is 20.3 Å². The summed E-state index contributed by atoms with van der Waals surface area (Å²) >= 11 is 1.26. The van der Waals surface area contributed by atoms with Crippen LogP contribution in [0, 0.1) is 19.8 Å². The van der Waals surface area contributed by atoms with E-state index in [1.807, 2.05) is 13.0 Å². The van der Waals surface area contributed by atoms with E-state index < -0.39 is 48.5 Å². The van der Waals surface area contributed by atoms with Gasteiger partial charge >= 0.3 is 6.18 Å². The Bertz CT molecular complexity index is 1240. The molecule has 4 heterocycles. The summed E-state index contributed by atoms with van der Waals surface area (Å²) in [4.78, 5) is 27.7. The summed E-state index contributed by atoms with van der Waals surface area (Å²) in [5.74, 6) is -4.18. The van der Waals surface area contributed by atoms with Crippen molar-refractivity contribution in [2.45, 2.75) is 45.3 Å². The van der Waals surface area contributed by atoms with E-state index in [9.17, 15) is 26.7 Å². The second-order valence-electron chi connectivity index (χ2n) is 8.98. The predicted molar refractivity (Wildman–Crippen MR) is 126 cm³/mol. The molecule has 1 amide bonds. The van der Waals surface area contributed by atoms with Crippen LogP contribution in [0.25, 0.3) is 10.6 Å². The molecule has 3 aromatic rings. The molecule has 0 aromatic carbocycles. The Morgan fingerprint density at radius 1 is 1.22 bits per heavy atom. The van der Waals surface area contributed by atoms with Gasteiger partial charge in [0.2, 0.25) is 0 Å². The molecule has 3 aromatic heterocycles. The Balaban J connectivity index is 1.61. The van der Waals surface area contributed by atoms with Gasteiger partial charge in [-0.3, -0.25) is 9.78 Å². The first-order valence-corrected chi connectivity index (χ1v) is 12.0. The maximum absolute atomic E-state index is 14.6. The molecule has 12 heteroatoms. The van der Waals surface area contributed by atoms with Gasteiger partial charge < -0.3 is 10.2 Å². The monoisotopic (exact) mass is 525 g/mol. The standard InChI is InChI=1S/C24H24F5N5OS/c1-13-6-7-30-17(8-13)21-20(33-15(3)36-21)22(35)34-12-23(25,26)9-14(2)18(34)11-32-19-5-4-16(10-31-19)24(27,28)29/h4-8,10,14,18H,9,11-12H2,1-3H3,(H,31,32)/t14-,18-/m1/s1. The van der Waals surface area contributed by atoms with Crippen LogP contribution in [0.15, 0.2) is 36.7 Å². The Labute approximate surface area is 208 Å². The number of amides is 1. The van der Waals surface area contributed by atoms with Gasteiger partial charge in [0.15, 0.2) is 0 Å². The number of nitrogens with zero attached hydrogens (tertiary/aromatic N) is 4. The lowest BCUT2D eigenvalue weighted by molar-refractivity contribution is -0.137. The molecule has 6 nitrogen and oxygen atoms in total. The lowest BCUT2D eigenvalue weighted by atomic mass is 9.88. The third kappa shape index (κ3) is 5.63. The molecule has 1 fully saturated rings. The van der Waals surface area contributed by atoms with E-state index in [0.29, 0.717) is 21.8 Å². The zero-order chi connectivity index (χ0) is 26.3. The highest BCUT2D eigenvalue weighted by molar-refractivity contribution is 7.15. The first-order chi connectivity index (χ1) is 16.8. The number of nitrogens with one attached hydrogen (secondary N) is 1. The van der Waals surface area contributed by atoms with Crippen molar-refractivity contribution >= 4 is 23.1 Å². The summed E-state index contributed by atoms with van der Waals surface area (Å²) in [6.07, 6.45) is -2.64. The van der Waals surface area contributed by atoms with Crippen LogP contribution in [0.2, 0.25) is 0 Å². The van der Waals surface area contributed by atoms with Gasteiger partial charge in [-0.05, 0) is 49.6 Å². The van der Waals surface area contributed by atoms with E-state index >= 15 is 0 Å². The minimum absolute atomic E-state index is 0.0303. The van der Waals surface area contributed by atoms with Crippen molar-refractivity contribution in [3.05, 3.63) is 58.5 Å². The number of carbonyl (C=O) groups excluding carboxylic acids is 1. The predicted octanol–water partition coefficient (Wildman–Crippen LogP) is 5.83. The molecule has 0 aliphatic carbocycles. The van der Waals surface area contributed by atoms with Gasteiger partial charge in [-0.25, -0.2) is 18.7 Å². The molecule has 4 rings (SSSR count). The number of carbonyl (C=O) groups is 1.